The molecule has 0 bridgehead atoms. The molecule has 122 valence electrons. The lowest BCUT2D eigenvalue weighted by Crippen LogP contribution is -2.10. The highest BCUT2D eigenvalue weighted by Gasteiger charge is 2.17. The highest BCUT2D eigenvalue weighted by molar-refractivity contribution is 6.15. The first-order chi connectivity index (χ1) is 11.5. The van der Waals surface area contributed by atoms with Gasteiger partial charge < -0.3 is 15.4 Å². The lowest BCUT2D eigenvalue weighted by molar-refractivity contribution is 0.0699. The molecular weight excluding hydrogens is 313 g/mol. The number of halogens is 1. The lowest BCUT2D eigenvalue weighted by atomic mass is 10.0. The summed E-state index contributed by atoms with van der Waals surface area (Å²) in [6.45, 7) is 0. The van der Waals surface area contributed by atoms with Gasteiger partial charge in [-0.2, -0.15) is 0 Å². The number of carbonyl (C=O) groups is 1. The van der Waals surface area contributed by atoms with Crippen LogP contribution < -0.4 is 5.32 Å². The zero-order valence-corrected chi connectivity index (χ0v) is 13.0. The number of aliphatic imine (C=N–C) groups is 1. The van der Waals surface area contributed by atoms with Gasteiger partial charge in [-0.25, -0.2) is 19.2 Å². The third-order valence-corrected chi connectivity index (χ3v) is 3.58. The number of nitrogens with zero attached hydrogens (tertiary/aromatic N) is 3. The zero-order chi connectivity index (χ0) is 17.3. The third-order valence-electron chi connectivity index (χ3n) is 3.58. The topological polar surface area (TPSA) is 103 Å². The predicted molar refractivity (Wildman–Crippen MR) is 88.4 cm³/mol. The molecule has 0 radical (unpaired) electrons. The van der Waals surface area contributed by atoms with Crippen LogP contribution in [0.15, 0.2) is 35.6 Å². The Morgan fingerprint density at radius 1 is 1.38 bits per heavy atom. The molecule has 0 fully saturated rings. The smallest absolute Gasteiger partial charge is 0.339 e. The van der Waals surface area contributed by atoms with E-state index in [1.807, 2.05) is 0 Å². The summed E-state index contributed by atoms with van der Waals surface area (Å²) >= 11 is 0. The summed E-state index contributed by atoms with van der Waals surface area (Å²) in [5, 5.41) is 12.1. The predicted octanol–water partition coefficient (Wildman–Crippen LogP) is 2.30. The molecule has 0 spiro atoms. The Morgan fingerprint density at radius 3 is 2.83 bits per heavy atom. The second-order valence-electron chi connectivity index (χ2n) is 4.97. The van der Waals surface area contributed by atoms with Crippen molar-refractivity contribution in [2.75, 3.05) is 19.4 Å². The largest absolute Gasteiger partial charge is 0.478 e. The van der Waals surface area contributed by atoms with Crippen LogP contribution in [0, 0.1) is 5.82 Å². The van der Waals surface area contributed by atoms with Crippen molar-refractivity contribution in [3.63, 3.8) is 0 Å². The number of aromatic nitrogens is 3. The lowest BCUT2D eigenvalue weighted by Gasteiger charge is -2.11. The summed E-state index contributed by atoms with van der Waals surface area (Å²) in [6.07, 6.45) is 2.84. The maximum atomic E-state index is 13.4. The first-order valence-corrected chi connectivity index (χ1v) is 7.07. The van der Waals surface area contributed by atoms with Gasteiger partial charge in [0.25, 0.3) is 0 Å². The SMILES string of the molecule is C/N=C(/c1cnc2[nH]cc(C(=O)O)c2n1)c1ccc(F)cc1NC. The van der Waals surface area contributed by atoms with Crippen LogP contribution in [0.3, 0.4) is 0 Å². The number of nitrogens with one attached hydrogen (secondary N) is 2. The molecule has 7 nitrogen and oxygen atoms in total. The fraction of sp³-hybridized carbons (Fsp3) is 0.125. The minimum Gasteiger partial charge on any atom is -0.478 e. The fourth-order valence-electron chi connectivity index (χ4n) is 2.47. The molecule has 2 aromatic heterocycles. The van der Waals surface area contributed by atoms with E-state index in [0.29, 0.717) is 28.3 Å². The number of anilines is 1. The van der Waals surface area contributed by atoms with Crippen LogP contribution in [0.1, 0.15) is 21.6 Å². The van der Waals surface area contributed by atoms with Gasteiger partial charge in [-0.1, -0.05) is 0 Å². The van der Waals surface area contributed by atoms with E-state index in [2.05, 4.69) is 25.3 Å². The molecule has 0 unspecified atom stereocenters. The Labute approximate surface area is 136 Å². The number of carboxylic acids is 1. The highest BCUT2D eigenvalue weighted by Crippen LogP contribution is 2.22. The molecular formula is C16H14FN5O2. The second kappa shape index (κ2) is 6.07. The molecule has 0 aliphatic rings. The monoisotopic (exact) mass is 327 g/mol. The van der Waals surface area contributed by atoms with Crippen LogP contribution in [0.25, 0.3) is 11.2 Å². The van der Waals surface area contributed by atoms with Crippen molar-refractivity contribution >= 4 is 28.5 Å². The Bertz CT molecular complexity index is 964. The van der Waals surface area contributed by atoms with E-state index in [0.717, 1.165) is 0 Å². The molecule has 0 saturated heterocycles. The quantitative estimate of drug-likeness (QED) is 0.638. The van der Waals surface area contributed by atoms with Crippen LogP contribution >= 0.6 is 0 Å². The van der Waals surface area contributed by atoms with E-state index >= 15 is 0 Å². The standard InChI is InChI=1S/C16H14FN5O2/c1-18-11-5-8(17)3-4-9(11)13(19-2)12-7-21-15-14(22-12)10(6-20-15)16(23)24/h3-7,18H,1-2H3,(H,20,21)(H,23,24)/b19-13+. The number of hydrogen-bond donors (Lipinski definition) is 3. The Morgan fingerprint density at radius 2 is 2.17 bits per heavy atom. The van der Waals surface area contributed by atoms with Crippen molar-refractivity contribution < 1.29 is 14.3 Å². The molecule has 0 saturated carbocycles. The molecule has 3 N–H and O–H groups in total. The van der Waals surface area contributed by atoms with Crippen LogP contribution in [-0.2, 0) is 0 Å². The van der Waals surface area contributed by atoms with E-state index in [-0.39, 0.29) is 16.9 Å². The van der Waals surface area contributed by atoms with Gasteiger partial charge in [0.15, 0.2) is 5.65 Å². The molecule has 3 aromatic rings. The van der Waals surface area contributed by atoms with Gasteiger partial charge in [0, 0.05) is 31.5 Å². The van der Waals surface area contributed by atoms with Gasteiger partial charge in [0.1, 0.15) is 22.6 Å². The summed E-state index contributed by atoms with van der Waals surface area (Å²) in [5.41, 5.74) is 2.71. The van der Waals surface area contributed by atoms with Crippen molar-refractivity contribution in [2.45, 2.75) is 0 Å². The van der Waals surface area contributed by atoms with Crippen molar-refractivity contribution in [1.82, 2.24) is 15.0 Å². The molecule has 2 heterocycles. The third kappa shape index (κ3) is 2.58. The normalized spacial score (nSPS) is 11.7. The van der Waals surface area contributed by atoms with E-state index in [1.54, 1.807) is 20.2 Å². The molecule has 24 heavy (non-hydrogen) atoms. The Balaban J connectivity index is 2.17. The summed E-state index contributed by atoms with van der Waals surface area (Å²) in [7, 11) is 3.26. The van der Waals surface area contributed by atoms with Crippen LogP contribution in [0.5, 0.6) is 0 Å². The Kier molecular flexibility index (Phi) is 3.95. The van der Waals surface area contributed by atoms with E-state index in [4.69, 9.17) is 0 Å². The number of hydrogen-bond acceptors (Lipinski definition) is 5. The minimum atomic E-state index is -1.10. The van der Waals surface area contributed by atoms with Crippen LogP contribution in [0.2, 0.25) is 0 Å². The Hall–Kier alpha value is -3.29. The molecule has 0 atom stereocenters. The van der Waals surface area contributed by atoms with Gasteiger partial charge in [0.05, 0.1) is 11.9 Å². The van der Waals surface area contributed by atoms with E-state index in [1.165, 1.54) is 24.5 Å². The number of carboxylic acid groups (broad SMARTS) is 1. The maximum Gasteiger partial charge on any atom is 0.339 e. The molecule has 0 amide bonds. The number of fused-ring (bicyclic) bond motifs is 1. The zero-order valence-electron chi connectivity index (χ0n) is 13.0. The molecule has 3 rings (SSSR count). The van der Waals surface area contributed by atoms with Crippen LogP contribution in [-0.4, -0.2) is 45.8 Å². The van der Waals surface area contributed by atoms with Crippen molar-refractivity contribution in [1.29, 1.82) is 0 Å². The average Bonchev–Trinajstić information content (AvgIpc) is 3.00. The second-order valence-corrected chi connectivity index (χ2v) is 4.97. The molecule has 0 aliphatic heterocycles. The summed E-state index contributed by atoms with van der Waals surface area (Å²) in [5.74, 6) is -1.47. The number of aromatic carboxylic acids is 1. The van der Waals surface area contributed by atoms with E-state index < -0.39 is 5.97 Å². The van der Waals surface area contributed by atoms with Gasteiger partial charge in [-0.3, -0.25) is 4.99 Å². The average molecular weight is 327 g/mol. The summed E-state index contributed by atoms with van der Waals surface area (Å²) in [4.78, 5) is 26.8. The number of aromatic amines is 1. The molecule has 0 aliphatic carbocycles. The minimum absolute atomic E-state index is 0.0303. The van der Waals surface area contributed by atoms with Crippen molar-refractivity contribution in [2.24, 2.45) is 4.99 Å². The van der Waals surface area contributed by atoms with Gasteiger partial charge in [0.2, 0.25) is 0 Å². The van der Waals surface area contributed by atoms with Crippen molar-refractivity contribution in [3.8, 4) is 0 Å². The number of benzene rings is 1. The molecule has 1 aromatic carbocycles. The van der Waals surface area contributed by atoms with Gasteiger partial charge in [-0.15, -0.1) is 0 Å². The summed E-state index contributed by atoms with van der Waals surface area (Å²) in [6, 6.07) is 4.27. The van der Waals surface area contributed by atoms with Crippen LogP contribution in [0.4, 0.5) is 10.1 Å². The first kappa shape index (κ1) is 15.6. The summed E-state index contributed by atoms with van der Waals surface area (Å²) < 4.78 is 13.4. The number of H-pyrrole nitrogens is 1. The highest BCUT2D eigenvalue weighted by atomic mass is 19.1. The van der Waals surface area contributed by atoms with Gasteiger partial charge >= 0.3 is 5.97 Å². The van der Waals surface area contributed by atoms with Gasteiger partial charge in [-0.05, 0) is 18.2 Å². The van der Waals surface area contributed by atoms with Crippen molar-refractivity contribution in [3.05, 3.63) is 53.2 Å². The first-order valence-electron chi connectivity index (χ1n) is 7.07. The maximum absolute atomic E-state index is 13.4. The number of rotatable bonds is 4. The fourth-order valence-corrected chi connectivity index (χ4v) is 2.47. The molecule has 8 heteroatoms. The van der Waals surface area contributed by atoms with E-state index in [9.17, 15) is 14.3 Å².